The summed E-state index contributed by atoms with van der Waals surface area (Å²) in [6, 6.07) is 26.9. The van der Waals surface area contributed by atoms with Gasteiger partial charge in [-0.25, -0.2) is 0 Å². The van der Waals surface area contributed by atoms with Crippen LogP contribution in [-0.4, -0.2) is 18.2 Å². The molecule has 0 saturated heterocycles. The van der Waals surface area contributed by atoms with Gasteiger partial charge in [0.05, 0.1) is 17.9 Å². The molecule has 0 unspecified atom stereocenters. The number of carbonyl (C=O) groups excluding carboxylic acids is 1. The van der Waals surface area contributed by atoms with Crippen LogP contribution < -0.4 is 9.75 Å². The Labute approximate surface area is 164 Å². The summed E-state index contributed by atoms with van der Waals surface area (Å²) in [7, 11) is 0. The molecule has 1 amide bonds. The summed E-state index contributed by atoms with van der Waals surface area (Å²) >= 11 is 0. The van der Waals surface area contributed by atoms with E-state index in [9.17, 15) is 4.79 Å². The normalized spacial score (nSPS) is 15.0. The van der Waals surface area contributed by atoms with Gasteiger partial charge in [-0.05, 0) is 42.8 Å². The molecule has 4 heteroatoms. The number of hydrogen-bond acceptors (Lipinski definition) is 3. The van der Waals surface area contributed by atoms with Crippen molar-refractivity contribution < 1.29 is 9.53 Å². The molecule has 1 aliphatic rings. The molecule has 4 rings (SSSR count). The lowest BCUT2D eigenvalue weighted by atomic mass is 10.00. The average molecular weight is 368 g/mol. The minimum atomic E-state index is -0.146. The van der Waals surface area contributed by atoms with E-state index in [1.54, 1.807) is 0 Å². The minimum Gasteiger partial charge on any atom is -0.494 e. The molecule has 4 nitrogen and oxygen atoms in total. The van der Waals surface area contributed by atoms with Crippen LogP contribution in [0.3, 0.4) is 0 Å². The summed E-state index contributed by atoms with van der Waals surface area (Å²) in [5.41, 5.74) is 3.77. The highest BCUT2D eigenvalue weighted by atomic mass is 16.5. The van der Waals surface area contributed by atoms with Gasteiger partial charge in [-0.1, -0.05) is 60.7 Å². The number of benzene rings is 3. The van der Waals surface area contributed by atoms with Crippen LogP contribution in [0, 0.1) is 0 Å². The van der Waals surface area contributed by atoms with Gasteiger partial charge < -0.3 is 4.74 Å². The molecule has 0 fully saturated rings. The van der Waals surface area contributed by atoms with Gasteiger partial charge in [0, 0.05) is 5.56 Å². The molecule has 0 aromatic heterocycles. The molecule has 0 bridgehead atoms. The van der Waals surface area contributed by atoms with Gasteiger partial charge in [-0.2, -0.15) is 10.1 Å². The second-order valence-corrected chi connectivity index (χ2v) is 6.33. The Hall–Kier alpha value is -3.66. The van der Waals surface area contributed by atoms with E-state index in [0.717, 1.165) is 22.6 Å². The number of rotatable bonds is 5. The van der Waals surface area contributed by atoms with Crippen molar-refractivity contribution in [2.75, 3.05) is 11.6 Å². The zero-order valence-electron chi connectivity index (χ0n) is 15.6. The van der Waals surface area contributed by atoms with Crippen LogP contribution in [0.25, 0.3) is 6.08 Å². The van der Waals surface area contributed by atoms with Gasteiger partial charge in [0.25, 0.3) is 5.91 Å². The fourth-order valence-corrected chi connectivity index (χ4v) is 3.13. The lowest BCUT2D eigenvalue weighted by Gasteiger charge is -2.11. The number of amides is 1. The van der Waals surface area contributed by atoms with Gasteiger partial charge in [-0.3, -0.25) is 4.79 Å². The van der Waals surface area contributed by atoms with Crippen molar-refractivity contribution in [3.8, 4) is 5.75 Å². The molecule has 0 aliphatic carbocycles. The van der Waals surface area contributed by atoms with E-state index in [1.165, 1.54) is 5.01 Å². The Morgan fingerprint density at radius 2 is 1.64 bits per heavy atom. The number of para-hydroxylation sites is 1. The summed E-state index contributed by atoms with van der Waals surface area (Å²) in [6.07, 6.45) is 1.87. The van der Waals surface area contributed by atoms with Crippen LogP contribution in [-0.2, 0) is 4.79 Å². The van der Waals surface area contributed by atoms with Gasteiger partial charge in [-0.15, -0.1) is 0 Å². The summed E-state index contributed by atoms with van der Waals surface area (Å²) in [6.45, 7) is 2.54. The standard InChI is InChI=1S/C24H20N2O2/c1-2-28-21-15-9-10-18(16-21)17-22-23(19-11-5-3-6-12-19)25-26(24(22)27)20-13-7-4-8-14-20/h3-17H,2H2,1H3/b22-17+. The lowest BCUT2D eigenvalue weighted by molar-refractivity contribution is -0.114. The van der Waals surface area contributed by atoms with E-state index in [-0.39, 0.29) is 5.91 Å². The number of nitrogens with zero attached hydrogens (tertiary/aromatic N) is 2. The summed E-state index contributed by atoms with van der Waals surface area (Å²) < 4.78 is 5.58. The van der Waals surface area contributed by atoms with Gasteiger partial charge >= 0.3 is 0 Å². The van der Waals surface area contributed by atoms with Crippen molar-refractivity contribution >= 4 is 23.4 Å². The Balaban J connectivity index is 1.79. The van der Waals surface area contributed by atoms with Gasteiger partial charge in [0.2, 0.25) is 0 Å². The van der Waals surface area contributed by atoms with Crippen LogP contribution >= 0.6 is 0 Å². The topological polar surface area (TPSA) is 41.9 Å². The summed E-state index contributed by atoms with van der Waals surface area (Å²) in [5, 5.41) is 6.11. The molecule has 0 radical (unpaired) electrons. The molecule has 0 N–H and O–H groups in total. The number of hydrogen-bond donors (Lipinski definition) is 0. The predicted molar refractivity (Wildman–Crippen MR) is 112 cm³/mol. The van der Waals surface area contributed by atoms with Crippen LogP contribution in [0.5, 0.6) is 5.75 Å². The first-order chi connectivity index (χ1) is 13.8. The highest BCUT2D eigenvalue weighted by Gasteiger charge is 2.31. The van der Waals surface area contributed by atoms with E-state index < -0.39 is 0 Å². The molecule has 0 saturated carbocycles. The Kier molecular flexibility index (Phi) is 5.02. The molecule has 138 valence electrons. The van der Waals surface area contributed by atoms with Crippen molar-refractivity contribution in [3.63, 3.8) is 0 Å². The lowest BCUT2D eigenvalue weighted by Crippen LogP contribution is -2.21. The highest BCUT2D eigenvalue weighted by molar-refractivity contribution is 6.37. The fourth-order valence-electron chi connectivity index (χ4n) is 3.13. The van der Waals surface area contributed by atoms with Crippen LogP contribution in [0.2, 0.25) is 0 Å². The van der Waals surface area contributed by atoms with Crippen molar-refractivity contribution in [1.29, 1.82) is 0 Å². The largest absolute Gasteiger partial charge is 0.494 e. The van der Waals surface area contributed by atoms with Gasteiger partial charge in [0.1, 0.15) is 11.5 Å². The zero-order valence-corrected chi connectivity index (χ0v) is 15.6. The molecular weight excluding hydrogens is 348 g/mol. The first-order valence-electron chi connectivity index (χ1n) is 9.24. The SMILES string of the molecule is CCOc1cccc(/C=C2/C(=O)N(c3ccccc3)N=C2c2ccccc2)c1. The second kappa shape index (κ2) is 7.92. The second-order valence-electron chi connectivity index (χ2n) is 6.33. The molecule has 3 aromatic rings. The van der Waals surface area contributed by atoms with Gasteiger partial charge in [0.15, 0.2) is 0 Å². The van der Waals surface area contributed by atoms with Crippen molar-refractivity contribution in [2.45, 2.75) is 6.92 Å². The maximum atomic E-state index is 13.2. The third-order valence-corrected chi connectivity index (χ3v) is 4.41. The van der Waals surface area contributed by atoms with Crippen molar-refractivity contribution in [2.24, 2.45) is 5.10 Å². The molecule has 0 spiro atoms. The van der Waals surface area contributed by atoms with E-state index >= 15 is 0 Å². The molecule has 1 heterocycles. The minimum absolute atomic E-state index is 0.146. The molecule has 0 atom stereocenters. The van der Waals surface area contributed by atoms with Crippen LogP contribution in [0.15, 0.2) is 95.6 Å². The van der Waals surface area contributed by atoms with Crippen molar-refractivity contribution in [1.82, 2.24) is 0 Å². The molecule has 1 aliphatic heterocycles. The smallest absolute Gasteiger partial charge is 0.281 e. The fraction of sp³-hybridized carbons (Fsp3) is 0.0833. The first-order valence-corrected chi connectivity index (χ1v) is 9.24. The quantitative estimate of drug-likeness (QED) is 0.600. The summed E-state index contributed by atoms with van der Waals surface area (Å²) in [5.74, 6) is 0.632. The zero-order chi connectivity index (χ0) is 19.3. The number of ether oxygens (including phenoxy) is 1. The average Bonchev–Trinajstić information content (AvgIpc) is 3.06. The van der Waals surface area contributed by atoms with E-state index in [4.69, 9.17) is 4.74 Å². The Bertz CT molecular complexity index is 1040. The highest BCUT2D eigenvalue weighted by Crippen LogP contribution is 2.28. The Morgan fingerprint density at radius 1 is 0.929 bits per heavy atom. The monoisotopic (exact) mass is 368 g/mol. The summed E-state index contributed by atoms with van der Waals surface area (Å²) in [4.78, 5) is 13.2. The van der Waals surface area contributed by atoms with E-state index in [0.29, 0.717) is 17.9 Å². The van der Waals surface area contributed by atoms with E-state index in [1.807, 2.05) is 97.9 Å². The number of hydrazone groups is 1. The van der Waals surface area contributed by atoms with Crippen LogP contribution in [0.4, 0.5) is 5.69 Å². The third-order valence-electron chi connectivity index (χ3n) is 4.41. The number of anilines is 1. The first kappa shape index (κ1) is 17.7. The molecule has 3 aromatic carbocycles. The molecule has 28 heavy (non-hydrogen) atoms. The third kappa shape index (κ3) is 3.58. The van der Waals surface area contributed by atoms with E-state index in [2.05, 4.69) is 5.10 Å². The van der Waals surface area contributed by atoms with Crippen molar-refractivity contribution in [3.05, 3.63) is 102 Å². The molecular formula is C24H20N2O2. The predicted octanol–water partition coefficient (Wildman–Crippen LogP) is 4.92. The van der Waals surface area contributed by atoms with Crippen LogP contribution in [0.1, 0.15) is 18.1 Å². The maximum Gasteiger partial charge on any atom is 0.281 e. The Morgan fingerprint density at radius 3 is 2.36 bits per heavy atom. The number of carbonyl (C=O) groups is 1. The maximum absolute atomic E-state index is 13.2.